The fourth-order valence-electron chi connectivity index (χ4n) is 1.06. The number of Topliss-reactive ketones (excluding diaryl/α,β-unsaturated/α-hetero) is 1. The van der Waals surface area contributed by atoms with Crippen LogP contribution in [0, 0.1) is 0 Å². The Hall–Kier alpha value is -0.370. The Bertz CT molecular complexity index is 103. The minimum Gasteiger partial charge on any atom is -0.370 e. The molecule has 52 valence electrons. The summed E-state index contributed by atoms with van der Waals surface area (Å²) in [5.41, 5.74) is 0. The monoisotopic (exact) mass is 128 g/mol. The Morgan fingerprint density at radius 2 is 2.33 bits per heavy atom. The lowest BCUT2D eigenvalue weighted by Crippen LogP contribution is -2.25. The van der Waals surface area contributed by atoms with Crippen molar-refractivity contribution in [1.29, 1.82) is 0 Å². The van der Waals surface area contributed by atoms with Gasteiger partial charge in [-0.3, -0.25) is 4.79 Å². The van der Waals surface area contributed by atoms with E-state index >= 15 is 0 Å². The number of hydrogen-bond acceptors (Lipinski definition) is 2. The van der Waals surface area contributed by atoms with E-state index in [9.17, 15) is 4.79 Å². The molecule has 0 aliphatic carbocycles. The Balaban J connectivity index is 2.31. The van der Waals surface area contributed by atoms with Gasteiger partial charge in [-0.05, 0) is 26.2 Å². The highest BCUT2D eigenvalue weighted by molar-refractivity contribution is 5.80. The molecule has 0 bridgehead atoms. The summed E-state index contributed by atoms with van der Waals surface area (Å²) in [5.74, 6) is 0.176. The smallest absolute Gasteiger partial charge is 0.158 e. The lowest BCUT2D eigenvalue weighted by atomic mass is 10.1. The van der Waals surface area contributed by atoms with Crippen LogP contribution in [-0.2, 0) is 9.53 Å². The van der Waals surface area contributed by atoms with E-state index in [0.29, 0.717) is 0 Å². The number of ketones is 1. The molecule has 1 atom stereocenters. The third-order valence-corrected chi connectivity index (χ3v) is 1.63. The largest absolute Gasteiger partial charge is 0.370 e. The van der Waals surface area contributed by atoms with Gasteiger partial charge in [0.25, 0.3) is 0 Å². The molecule has 0 aromatic heterocycles. The van der Waals surface area contributed by atoms with Crippen molar-refractivity contribution in [3.63, 3.8) is 0 Å². The van der Waals surface area contributed by atoms with Crippen LogP contribution in [0.3, 0.4) is 0 Å². The second-order valence-corrected chi connectivity index (χ2v) is 2.47. The van der Waals surface area contributed by atoms with E-state index in [1.807, 2.05) is 0 Å². The zero-order valence-corrected chi connectivity index (χ0v) is 5.72. The molecule has 0 aromatic rings. The normalized spacial score (nSPS) is 27.9. The second-order valence-electron chi connectivity index (χ2n) is 2.47. The van der Waals surface area contributed by atoms with Crippen LogP contribution in [0.25, 0.3) is 0 Å². The standard InChI is InChI=1S/C7H12O2/c1-6(8)7-4-2-3-5-9-7/h7H,2-5H2,1H3. The molecule has 0 N–H and O–H groups in total. The van der Waals surface area contributed by atoms with Gasteiger partial charge in [0, 0.05) is 6.61 Å². The van der Waals surface area contributed by atoms with E-state index in [-0.39, 0.29) is 11.9 Å². The van der Waals surface area contributed by atoms with Crippen LogP contribution in [0.2, 0.25) is 0 Å². The first-order valence-corrected chi connectivity index (χ1v) is 3.43. The summed E-state index contributed by atoms with van der Waals surface area (Å²) >= 11 is 0. The van der Waals surface area contributed by atoms with E-state index in [4.69, 9.17) is 4.74 Å². The van der Waals surface area contributed by atoms with E-state index in [1.165, 1.54) is 0 Å². The lowest BCUT2D eigenvalue weighted by molar-refractivity contribution is -0.130. The summed E-state index contributed by atoms with van der Waals surface area (Å²) in [7, 11) is 0. The van der Waals surface area contributed by atoms with E-state index < -0.39 is 0 Å². The summed E-state index contributed by atoms with van der Waals surface area (Å²) in [6.45, 7) is 2.36. The minimum absolute atomic E-state index is 0.0845. The van der Waals surface area contributed by atoms with Crippen molar-refractivity contribution >= 4 is 5.78 Å². The van der Waals surface area contributed by atoms with Gasteiger partial charge in [-0.25, -0.2) is 0 Å². The third kappa shape index (κ3) is 1.79. The van der Waals surface area contributed by atoms with E-state index in [1.54, 1.807) is 6.92 Å². The maximum atomic E-state index is 10.7. The Labute approximate surface area is 55.2 Å². The number of hydrogen-bond donors (Lipinski definition) is 0. The molecule has 0 aromatic carbocycles. The molecule has 2 nitrogen and oxygen atoms in total. The molecule has 1 fully saturated rings. The van der Waals surface area contributed by atoms with Crippen LogP contribution < -0.4 is 0 Å². The van der Waals surface area contributed by atoms with Crippen molar-refractivity contribution in [3.8, 4) is 0 Å². The van der Waals surface area contributed by atoms with Crippen molar-refractivity contribution in [1.82, 2.24) is 0 Å². The highest BCUT2D eigenvalue weighted by Gasteiger charge is 2.17. The van der Waals surface area contributed by atoms with Crippen LogP contribution in [0.4, 0.5) is 0 Å². The van der Waals surface area contributed by atoms with Crippen molar-refractivity contribution in [2.45, 2.75) is 32.3 Å². The van der Waals surface area contributed by atoms with Crippen molar-refractivity contribution in [2.24, 2.45) is 0 Å². The SMILES string of the molecule is CC(=O)C1CCCCO1. The molecule has 1 rings (SSSR count). The summed E-state index contributed by atoms with van der Waals surface area (Å²) in [4.78, 5) is 10.7. The van der Waals surface area contributed by atoms with Gasteiger partial charge in [-0.2, -0.15) is 0 Å². The van der Waals surface area contributed by atoms with Gasteiger partial charge in [0.1, 0.15) is 6.10 Å². The predicted molar refractivity (Wildman–Crippen MR) is 34.3 cm³/mol. The Morgan fingerprint density at radius 1 is 1.56 bits per heavy atom. The minimum atomic E-state index is -0.0845. The molecule has 0 spiro atoms. The second kappa shape index (κ2) is 2.97. The molecule has 0 saturated carbocycles. The average Bonchev–Trinajstić information content (AvgIpc) is 1.90. The van der Waals surface area contributed by atoms with Crippen LogP contribution in [0.1, 0.15) is 26.2 Å². The number of carbonyl (C=O) groups is 1. The summed E-state index contributed by atoms with van der Waals surface area (Å²) in [6.07, 6.45) is 3.10. The van der Waals surface area contributed by atoms with Crippen LogP contribution in [0.5, 0.6) is 0 Å². The molecule has 0 amide bonds. The molecular weight excluding hydrogens is 116 g/mol. The highest BCUT2D eigenvalue weighted by atomic mass is 16.5. The van der Waals surface area contributed by atoms with E-state index in [0.717, 1.165) is 25.9 Å². The third-order valence-electron chi connectivity index (χ3n) is 1.63. The Kier molecular flexibility index (Phi) is 2.22. The van der Waals surface area contributed by atoms with Gasteiger partial charge >= 0.3 is 0 Å². The number of rotatable bonds is 1. The predicted octanol–water partition coefficient (Wildman–Crippen LogP) is 1.14. The average molecular weight is 128 g/mol. The van der Waals surface area contributed by atoms with Crippen LogP contribution in [-0.4, -0.2) is 18.5 Å². The van der Waals surface area contributed by atoms with Gasteiger partial charge in [0.05, 0.1) is 0 Å². The van der Waals surface area contributed by atoms with Gasteiger partial charge in [-0.15, -0.1) is 0 Å². The fraction of sp³-hybridized carbons (Fsp3) is 0.857. The maximum Gasteiger partial charge on any atom is 0.158 e. The summed E-state index contributed by atoms with van der Waals surface area (Å²) in [6, 6.07) is 0. The molecule has 1 aliphatic rings. The van der Waals surface area contributed by atoms with Crippen molar-refractivity contribution in [2.75, 3.05) is 6.61 Å². The zero-order valence-electron chi connectivity index (χ0n) is 5.72. The first-order valence-electron chi connectivity index (χ1n) is 3.43. The molecule has 1 aliphatic heterocycles. The maximum absolute atomic E-state index is 10.7. The van der Waals surface area contributed by atoms with Crippen LogP contribution in [0.15, 0.2) is 0 Å². The topological polar surface area (TPSA) is 26.3 Å². The first kappa shape index (κ1) is 6.75. The number of carbonyl (C=O) groups excluding carboxylic acids is 1. The zero-order chi connectivity index (χ0) is 6.69. The molecule has 9 heavy (non-hydrogen) atoms. The summed E-state index contributed by atoms with van der Waals surface area (Å²) < 4.78 is 5.19. The van der Waals surface area contributed by atoms with Gasteiger partial charge < -0.3 is 4.74 Å². The number of ether oxygens (including phenoxy) is 1. The quantitative estimate of drug-likeness (QED) is 0.529. The molecule has 1 saturated heterocycles. The summed E-state index contributed by atoms with van der Waals surface area (Å²) in [5, 5.41) is 0. The fourth-order valence-corrected chi connectivity index (χ4v) is 1.06. The first-order chi connectivity index (χ1) is 4.30. The lowest BCUT2D eigenvalue weighted by Gasteiger charge is -2.19. The Morgan fingerprint density at radius 3 is 2.67 bits per heavy atom. The van der Waals surface area contributed by atoms with Crippen molar-refractivity contribution < 1.29 is 9.53 Å². The molecular formula is C7H12O2. The molecule has 2 heteroatoms. The highest BCUT2D eigenvalue weighted by Crippen LogP contribution is 2.12. The molecule has 1 heterocycles. The van der Waals surface area contributed by atoms with Crippen LogP contribution >= 0.6 is 0 Å². The van der Waals surface area contributed by atoms with Gasteiger partial charge in [0.2, 0.25) is 0 Å². The van der Waals surface area contributed by atoms with E-state index in [2.05, 4.69) is 0 Å². The van der Waals surface area contributed by atoms with Gasteiger partial charge in [-0.1, -0.05) is 0 Å². The molecule has 1 unspecified atom stereocenters. The molecule has 0 radical (unpaired) electrons. The van der Waals surface area contributed by atoms with Crippen molar-refractivity contribution in [3.05, 3.63) is 0 Å². The van der Waals surface area contributed by atoms with Gasteiger partial charge in [0.15, 0.2) is 5.78 Å².